The molecule has 39 heavy (non-hydrogen) atoms. The van der Waals surface area contributed by atoms with Crippen molar-refractivity contribution in [2.45, 2.75) is 69.7 Å². The van der Waals surface area contributed by atoms with Crippen LogP contribution in [-0.4, -0.2) is 49.0 Å². The second-order valence-electron chi connectivity index (χ2n) is 10.9. The number of aromatic nitrogens is 4. The molecule has 1 N–H and O–H groups in total. The molecule has 0 spiro atoms. The quantitative estimate of drug-likeness (QED) is 0.344. The number of ether oxygens (including phenoxy) is 1. The van der Waals surface area contributed by atoms with Crippen molar-refractivity contribution in [3.8, 4) is 11.3 Å². The monoisotopic (exact) mass is 535 g/mol. The molecule has 1 aliphatic carbocycles. The van der Waals surface area contributed by atoms with Crippen molar-refractivity contribution in [1.82, 2.24) is 19.8 Å². The smallest absolute Gasteiger partial charge is 0.356 e. The van der Waals surface area contributed by atoms with Gasteiger partial charge in [0.05, 0.1) is 24.5 Å². The number of rotatable bonds is 7. The van der Waals surface area contributed by atoms with Gasteiger partial charge in [-0.15, -0.1) is 5.10 Å². The largest absolute Gasteiger partial charge is 0.476 e. The van der Waals surface area contributed by atoms with Gasteiger partial charge >= 0.3 is 5.97 Å². The fourth-order valence-electron chi connectivity index (χ4n) is 6.32. The van der Waals surface area contributed by atoms with Gasteiger partial charge in [-0.3, -0.25) is 0 Å². The maximum atomic E-state index is 14.6. The second-order valence-corrected chi connectivity index (χ2v) is 10.9. The molecule has 0 amide bonds. The molecule has 3 aromatic heterocycles. The van der Waals surface area contributed by atoms with Crippen LogP contribution in [-0.2, 0) is 11.3 Å². The van der Waals surface area contributed by atoms with E-state index in [2.05, 4.69) is 27.1 Å². The lowest BCUT2D eigenvalue weighted by Crippen LogP contribution is -2.47. The number of halogens is 2. The Morgan fingerprint density at radius 3 is 2.67 bits per heavy atom. The van der Waals surface area contributed by atoms with Crippen LogP contribution in [0.4, 0.5) is 14.6 Å². The number of nitrogens with zero attached hydrogens (tertiary/aromatic N) is 5. The highest BCUT2D eigenvalue weighted by atomic mass is 19.1. The molecule has 1 aromatic carbocycles. The molecule has 3 aliphatic rings. The third-order valence-electron chi connectivity index (χ3n) is 8.31. The molecule has 1 saturated carbocycles. The van der Waals surface area contributed by atoms with E-state index < -0.39 is 17.6 Å². The minimum atomic E-state index is -1.09. The van der Waals surface area contributed by atoms with E-state index in [0.29, 0.717) is 22.9 Å². The molecule has 11 heteroatoms. The number of aromatic carboxylic acids is 1. The lowest BCUT2D eigenvalue weighted by Gasteiger charge is -2.40. The number of hydrogen-bond acceptors (Lipinski definition) is 7. The molecule has 9 nitrogen and oxygen atoms in total. The molecular weight excluding hydrogens is 508 g/mol. The zero-order valence-corrected chi connectivity index (χ0v) is 21.3. The number of piperidine rings is 1. The van der Waals surface area contributed by atoms with E-state index in [1.807, 2.05) is 6.07 Å². The van der Waals surface area contributed by atoms with E-state index >= 15 is 0 Å². The molecule has 3 fully saturated rings. The molecule has 4 atom stereocenters. The minimum absolute atomic E-state index is 0.0444. The molecule has 2 bridgehead atoms. The van der Waals surface area contributed by atoms with Crippen molar-refractivity contribution in [3.05, 3.63) is 65.2 Å². The molecule has 4 unspecified atom stereocenters. The lowest BCUT2D eigenvalue weighted by atomic mass is 9.97. The standard InChI is InChI=1S/C28H27F2N5O4/c1-14-9-16-10-17(11-22(14)35(16)24-8-7-23-31-21(28(36)37)12-34(23)32-24)38-13-18-26(33-39-27(18)15-5-6-15)25-19(29)3-2-4-20(25)30/h2-4,7-8,12,14-17,22H,5-6,9-11,13H2,1H3,(H,36,37). The van der Waals surface area contributed by atoms with E-state index in [0.717, 1.165) is 37.9 Å². The lowest BCUT2D eigenvalue weighted by molar-refractivity contribution is 0.0134. The average Bonchev–Trinajstić information content (AvgIpc) is 3.46. The number of imidazole rings is 1. The van der Waals surface area contributed by atoms with Crippen LogP contribution < -0.4 is 4.90 Å². The summed E-state index contributed by atoms with van der Waals surface area (Å²) in [4.78, 5) is 17.7. The van der Waals surface area contributed by atoms with E-state index in [1.54, 1.807) is 6.07 Å². The van der Waals surface area contributed by atoms with Crippen molar-refractivity contribution < 1.29 is 27.9 Å². The maximum absolute atomic E-state index is 14.6. The number of carbonyl (C=O) groups is 1. The van der Waals surface area contributed by atoms with Crippen LogP contribution in [0.1, 0.15) is 66.8 Å². The summed E-state index contributed by atoms with van der Waals surface area (Å²) in [5, 5.41) is 18.0. The summed E-state index contributed by atoms with van der Waals surface area (Å²) < 4.78 is 42.8. The number of fused-ring (bicyclic) bond motifs is 3. The summed E-state index contributed by atoms with van der Waals surface area (Å²) >= 11 is 0. The van der Waals surface area contributed by atoms with E-state index in [-0.39, 0.29) is 47.7 Å². The Labute approximate surface area is 222 Å². The SMILES string of the molecule is CC1CC2CC(OCc3c(-c4c(F)cccc4F)noc3C3CC3)CC1N2c1ccc2nc(C(=O)O)cn2n1. The first-order chi connectivity index (χ1) is 18.9. The van der Waals surface area contributed by atoms with Crippen LogP contribution >= 0.6 is 0 Å². The van der Waals surface area contributed by atoms with Crippen molar-refractivity contribution in [3.63, 3.8) is 0 Å². The highest BCUT2D eigenvalue weighted by Crippen LogP contribution is 2.46. The molecule has 0 radical (unpaired) electrons. The van der Waals surface area contributed by atoms with Gasteiger partial charge in [0.2, 0.25) is 0 Å². The Bertz CT molecular complexity index is 1560. The van der Waals surface area contributed by atoms with E-state index in [1.165, 1.54) is 28.9 Å². The average molecular weight is 536 g/mol. The van der Waals surface area contributed by atoms with Gasteiger partial charge in [-0.25, -0.2) is 23.1 Å². The van der Waals surface area contributed by atoms with Gasteiger partial charge in [0.15, 0.2) is 11.3 Å². The first kappa shape index (κ1) is 24.2. The topological polar surface area (TPSA) is 106 Å². The van der Waals surface area contributed by atoms with Gasteiger partial charge in [0, 0.05) is 23.6 Å². The summed E-state index contributed by atoms with van der Waals surface area (Å²) in [6, 6.07) is 7.85. The highest BCUT2D eigenvalue weighted by Gasteiger charge is 2.46. The van der Waals surface area contributed by atoms with Gasteiger partial charge in [-0.05, 0) is 62.3 Å². The van der Waals surface area contributed by atoms with Crippen LogP contribution in [0.3, 0.4) is 0 Å². The third-order valence-corrected chi connectivity index (χ3v) is 8.31. The Morgan fingerprint density at radius 2 is 1.95 bits per heavy atom. The Balaban J connectivity index is 1.12. The predicted octanol–water partition coefficient (Wildman–Crippen LogP) is 5.20. The number of hydrogen-bond donors (Lipinski definition) is 1. The summed E-state index contributed by atoms with van der Waals surface area (Å²) in [5.74, 6) is -0.369. The predicted molar refractivity (Wildman–Crippen MR) is 135 cm³/mol. The minimum Gasteiger partial charge on any atom is -0.476 e. The zero-order chi connectivity index (χ0) is 26.8. The summed E-state index contributed by atoms with van der Waals surface area (Å²) in [6.45, 7) is 2.40. The fourth-order valence-corrected chi connectivity index (χ4v) is 6.32. The van der Waals surface area contributed by atoms with Crippen LogP contribution in [0.25, 0.3) is 16.9 Å². The van der Waals surface area contributed by atoms with Gasteiger partial charge in [-0.1, -0.05) is 18.1 Å². The molecule has 2 saturated heterocycles. The highest BCUT2D eigenvalue weighted by molar-refractivity contribution is 5.86. The normalized spacial score (nSPS) is 24.5. The molecule has 4 aromatic rings. The Morgan fingerprint density at radius 1 is 1.15 bits per heavy atom. The van der Waals surface area contributed by atoms with Crippen LogP contribution in [0.5, 0.6) is 0 Å². The number of benzene rings is 1. The second kappa shape index (κ2) is 9.11. The van der Waals surface area contributed by atoms with Crippen LogP contribution in [0.15, 0.2) is 41.1 Å². The molecule has 7 rings (SSSR count). The molecule has 2 aliphatic heterocycles. The third kappa shape index (κ3) is 4.15. The molecule has 5 heterocycles. The zero-order valence-electron chi connectivity index (χ0n) is 21.3. The van der Waals surface area contributed by atoms with Crippen LogP contribution in [0.2, 0.25) is 0 Å². The van der Waals surface area contributed by atoms with Gasteiger partial charge in [-0.2, -0.15) is 0 Å². The van der Waals surface area contributed by atoms with Crippen LogP contribution in [0, 0.1) is 17.6 Å². The number of anilines is 1. The van der Waals surface area contributed by atoms with Crippen molar-refractivity contribution in [2.75, 3.05) is 4.90 Å². The van der Waals surface area contributed by atoms with Gasteiger partial charge in [0.25, 0.3) is 0 Å². The van der Waals surface area contributed by atoms with E-state index in [4.69, 9.17) is 9.26 Å². The number of carboxylic acid groups (broad SMARTS) is 1. The van der Waals surface area contributed by atoms with E-state index in [9.17, 15) is 18.7 Å². The first-order valence-corrected chi connectivity index (χ1v) is 13.3. The van der Waals surface area contributed by atoms with Crippen molar-refractivity contribution in [1.29, 1.82) is 0 Å². The molecule has 202 valence electrons. The maximum Gasteiger partial charge on any atom is 0.356 e. The van der Waals surface area contributed by atoms with Gasteiger partial charge < -0.3 is 19.3 Å². The molecular formula is C28H27F2N5O4. The summed E-state index contributed by atoms with van der Waals surface area (Å²) in [6.07, 6.45) is 5.84. The Kier molecular flexibility index (Phi) is 5.66. The van der Waals surface area contributed by atoms with Crippen molar-refractivity contribution >= 4 is 17.4 Å². The summed E-state index contributed by atoms with van der Waals surface area (Å²) in [7, 11) is 0. The van der Waals surface area contributed by atoms with Gasteiger partial charge in [0.1, 0.15) is 28.9 Å². The Hall–Kier alpha value is -3.86. The fraction of sp³-hybridized carbons (Fsp3) is 0.429. The summed E-state index contributed by atoms with van der Waals surface area (Å²) in [5.41, 5.74) is 1.07. The van der Waals surface area contributed by atoms with Crippen molar-refractivity contribution in [2.24, 2.45) is 5.92 Å². The first-order valence-electron chi connectivity index (χ1n) is 13.3. The number of carboxylic acids is 1.